The molecular formula is C23H19N3S. The molecule has 0 amide bonds. The second kappa shape index (κ2) is 6.10. The van der Waals surface area contributed by atoms with E-state index in [0.717, 1.165) is 32.8 Å². The molecule has 1 aromatic carbocycles. The van der Waals surface area contributed by atoms with Crippen LogP contribution in [0.4, 0.5) is 0 Å². The first-order chi connectivity index (χ1) is 13.1. The molecule has 132 valence electrons. The van der Waals surface area contributed by atoms with Crippen LogP contribution in [0.1, 0.15) is 30.3 Å². The first-order valence-corrected chi connectivity index (χ1v) is 9.98. The molecule has 4 aromatic heterocycles. The van der Waals surface area contributed by atoms with Crippen LogP contribution in [0.3, 0.4) is 0 Å². The summed E-state index contributed by atoms with van der Waals surface area (Å²) in [6.45, 7) is 6.53. The summed E-state index contributed by atoms with van der Waals surface area (Å²) in [5.74, 6) is 0.345. The molecule has 0 unspecified atom stereocenters. The van der Waals surface area contributed by atoms with Crippen molar-refractivity contribution in [3.05, 3.63) is 65.3 Å². The number of rotatable bonds is 2. The lowest BCUT2D eigenvalue weighted by Gasteiger charge is -2.13. The molecular weight excluding hydrogens is 350 g/mol. The zero-order chi connectivity index (χ0) is 18.5. The molecule has 0 aliphatic rings. The van der Waals surface area contributed by atoms with E-state index < -0.39 is 0 Å². The number of nitrogens with zero attached hydrogens (tertiary/aromatic N) is 3. The van der Waals surface area contributed by atoms with Crippen molar-refractivity contribution in [2.75, 3.05) is 0 Å². The van der Waals surface area contributed by atoms with Gasteiger partial charge < -0.3 is 0 Å². The molecule has 0 aliphatic heterocycles. The number of aromatic nitrogens is 3. The predicted molar refractivity (Wildman–Crippen MR) is 114 cm³/mol. The summed E-state index contributed by atoms with van der Waals surface area (Å²) in [5.41, 5.74) is 4.90. The number of hydrogen-bond acceptors (Lipinski definition) is 4. The number of aryl methyl sites for hydroxylation is 1. The van der Waals surface area contributed by atoms with Crippen molar-refractivity contribution < 1.29 is 0 Å². The van der Waals surface area contributed by atoms with Crippen molar-refractivity contribution >= 4 is 43.2 Å². The molecule has 27 heavy (non-hydrogen) atoms. The van der Waals surface area contributed by atoms with Crippen LogP contribution in [0.5, 0.6) is 0 Å². The largest absolute Gasteiger partial charge is 0.254 e. The Hall–Kier alpha value is -2.85. The maximum atomic E-state index is 5.06. The Morgan fingerprint density at radius 2 is 1.78 bits per heavy atom. The molecule has 0 saturated carbocycles. The third-order valence-electron chi connectivity index (χ3n) is 4.90. The SMILES string of the molecule is Cc1cc2c(s1)c(-c1cc3ccccc3c(C(C)C)n1)nc1cccnc12. The Morgan fingerprint density at radius 1 is 0.926 bits per heavy atom. The van der Waals surface area contributed by atoms with Gasteiger partial charge in [-0.15, -0.1) is 11.3 Å². The third kappa shape index (κ3) is 2.60. The lowest BCUT2D eigenvalue weighted by molar-refractivity contribution is 0.836. The Bertz CT molecular complexity index is 1320. The van der Waals surface area contributed by atoms with Crippen molar-refractivity contribution in [2.45, 2.75) is 26.7 Å². The van der Waals surface area contributed by atoms with Gasteiger partial charge in [-0.05, 0) is 42.5 Å². The summed E-state index contributed by atoms with van der Waals surface area (Å²) in [6.07, 6.45) is 1.83. The maximum absolute atomic E-state index is 5.06. The van der Waals surface area contributed by atoms with Gasteiger partial charge in [-0.25, -0.2) is 4.98 Å². The van der Waals surface area contributed by atoms with Crippen LogP contribution in [0.25, 0.3) is 43.3 Å². The average molecular weight is 369 g/mol. The molecule has 5 rings (SSSR count). The molecule has 5 aromatic rings. The minimum Gasteiger partial charge on any atom is -0.254 e. The molecule has 0 fully saturated rings. The summed E-state index contributed by atoms with van der Waals surface area (Å²) >= 11 is 1.77. The van der Waals surface area contributed by atoms with Gasteiger partial charge >= 0.3 is 0 Å². The Kier molecular flexibility index (Phi) is 3.69. The molecule has 4 heteroatoms. The standard InChI is InChI=1S/C23H19N3S/c1-13(2)20-16-8-5-4-7-15(16)12-19(26-20)22-23-17(11-14(3)27-23)21-18(25-22)9-6-10-24-21/h4-13H,1-3H3. The van der Waals surface area contributed by atoms with Crippen molar-refractivity contribution in [3.8, 4) is 11.4 Å². The molecule has 0 aliphatic carbocycles. The first kappa shape index (κ1) is 16.3. The lowest BCUT2D eigenvalue weighted by Crippen LogP contribution is -1.98. The van der Waals surface area contributed by atoms with Crippen molar-refractivity contribution in [1.82, 2.24) is 15.0 Å². The highest BCUT2D eigenvalue weighted by Crippen LogP contribution is 2.38. The van der Waals surface area contributed by atoms with Gasteiger partial charge in [0, 0.05) is 21.8 Å². The van der Waals surface area contributed by atoms with E-state index in [1.807, 2.05) is 18.3 Å². The van der Waals surface area contributed by atoms with Crippen LogP contribution < -0.4 is 0 Å². The van der Waals surface area contributed by atoms with Crippen molar-refractivity contribution in [1.29, 1.82) is 0 Å². The molecule has 0 spiro atoms. The van der Waals surface area contributed by atoms with E-state index >= 15 is 0 Å². The highest BCUT2D eigenvalue weighted by Gasteiger charge is 2.17. The van der Waals surface area contributed by atoms with Gasteiger partial charge in [0.15, 0.2) is 0 Å². The van der Waals surface area contributed by atoms with E-state index in [4.69, 9.17) is 9.97 Å². The first-order valence-electron chi connectivity index (χ1n) is 9.17. The van der Waals surface area contributed by atoms with E-state index in [9.17, 15) is 0 Å². The summed E-state index contributed by atoms with van der Waals surface area (Å²) in [5, 5.41) is 3.59. The van der Waals surface area contributed by atoms with Crippen LogP contribution in [0, 0.1) is 6.92 Å². The van der Waals surface area contributed by atoms with Gasteiger partial charge in [-0.2, -0.15) is 0 Å². The van der Waals surface area contributed by atoms with Crippen molar-refractivity contribution in [3.63, 3.8) is 0 Å². The van der Waals surface area contributed by atoms with Crippen LogP contribution in [-0.4, -0.2) is 15.0 Å². The molecule has 0 N–H and O–H groups in total. The van der Waals surface area contributed by atoms with Crippen LogP contribution in [0.2, 0.25) is 0 Å². The van der Waals surface area contributed by atoms with Crippen molar-refractivity contribution in [2.24, 2.45) is 0 Å². The second-order valence-corrected chi connectivity index (χ2v) is 8.46. The summed E-state index contributed by atoms with van der Waals surface area (Å²) in [6, 6.07) is 16.8. The fourth-order valence-electron chi connectivity index (χ4n) is 3.69. The van der Waals surface area contributed by atoms with Gasteiger partial charge in [0.05, 0.1) is 27.1 Å². The molecule has 4 heterocycles. The second-order valence-electron chi connectivity index (χ2n) is 7.20. The fourth-order valence-corrected chi connectivity index (χ4v) is 4.70. The molecule has 0 radical (unpaired) electrons. The Balaban J connectivity index is 1.90. The van der Waals surface area contributed by atoms with Gasteiger partial charge in [0.2, 0.25) is 0 Å². The van der Waals surface area contributed by atoms with Gasteiger partial charge in [0.1, 0.15) is 5.69 Å². The lowest BCUT2D eigenvalue weighted by atomic mass is 10.0. The topological polar surface area (TPSA) is 38.7 Å². The zero-order valence-corrected chi connectivity index (χ0v) is 16.3. The minimum atomic E-state index is 0.345. The van der Waals surface area contributed by atoms with Gasteiger partial charge in [-0.1, -0.05) is 38.1 Å². The number of thiophene rings is 1. The average Bonchev–Trinajstić information content (AvgIpc) is 3.08. The van der Waals surface area contributed by atoms with E-state index in [0.29, 0.717) is 5.92 Å². The fraction of sp³-hybridized carbons (Fsp3) is 0.174. The Labute approximate surface area is 161 Å². The van der Waals surface area contributed by atoms with Crippen LogP contribution in [-0.2, 0) is 0 Å². The summed E-state index contributed by atoms with van der Waals surface area (Å²) < 4.78 is 1.16. The Morgan fingerprint density at radius 3 is 2.63 bits per heavy atom. The number of hydrogen-bond donors (Lipinski definition) is 0. The quantitative estimate of drug-likeness (QED) is 0.357. The monoisotopic (exact) mass is 369 g/mol. The van der Waals surface area contributed by atoms with E-state index in [1.165, 1.54) is 21.0 Å². The highest BCUT2D eigenvalue weighted by atomic mass is 32.1. The maximum Gasteiger partial charge on any atom is 0.107 e. The minimum absolute atomic E-state index is 0.345. The molecule has 0 atom stereocenters. The van der Waals surface area contributed by atoms with Gasteiger partial charge in [0.25, 0.3) is 0 Å². The zero-order valence-electron chi connectivity index (χ0n) is 15.5. The third-order valence-corrected chi connectivity index (χ3v) is 5.96. The van der Waals surface area contributed by atoms with Crippen LogP contribution >= 0.6 is 11.3 Å². The number of pyridine rings is 3. The smallest absolute Gasteiger partial charge is 0.107 e. The van der Waals surface area contributed by atoms with Crippen LogP contribution in [0.15, 0.2) is 54.7 Å². The number of fused-ring (bicyclic) bond motifs is 4. The normalized spacial score (nSPS) is 11.9. The van der Waals surface area contributed by atoms with Gasteiger partial charge in [-0.3, -0.25) is 9.97 Å². The highest BCUT2D eigenvalue weighted by molar-refractivity contribution is 7.19. The van der Waals surface area contributed by atoms with E-state index in [1.54, 1.807) is 11.3 Å². The number of benzene rings is 1. The molecule has 0 bridgehead atoms. The predicted octanol–water partition coefficient (Wildman–Crippen LogP) is 6.49. The summed E-state index contributed by atoms with van der Waals surface area (Å²) in [4.78, 5) is 15.9. The van der Waals surface area contributed by atoms with E-state index in [2.05, 4.69) is 62.2 Å². The summed E-state index contributed by atoms with van der Waals surface area (Å²) in [7, 11) is 0. The molecule has 0 saturated heterocycles. The molecule has 3 nitrogen and oxygen atoms in total. The van der Waals surface area contributed by atoms with E-state index in [-0.39, 0.29) is 0 Å².